The van der Waals surface area contributed by atoms with Crippen molar-refractivity contribution in [2.75, 3.05) is 12.4 Å². The van der Waals surface area contributed by atoms with E-state index in [2.05, 4.69) is 11.4 Å². The van der Waals surface area contributed by atoms with Crippen molar-refractivity contribution in [3.63, 3.8) is 0 Å². The van der Waals surface area contributed by atoms with Gasteiger partial charge in [0.05, 0.1) is 18.7 Å². The monoisotopic (exact) mass is 238 g/mol. The molecule has 1 N–H and O–H groups in total. The van der Waals surface area contributed by atoms with Crippen molar-refractivity contribution in [3.8, 4) is 11.8 Å². The summed E-state index contributed by atoms with van der Waals surface area (Å²) in [6.07, 6.45) is 0. The first-order chi connectivity index (χ1) is 8.72. The van der Waals surface area contributed by atoms with Gasteiger partial charge in [0, 0.05) is 11.4 Å². The summed E-state index contributed by atoms with van der Waals surface area (Å²) in [4.78, 5) is 0. The molecule has 0 heterocycles. The third-order valence-corrected chi connectivity index (χ3v) is 2.73. The minimum atomic E-state index is 0.659. The van der Waals surface area contributed by atoms with Crippen LogP contribution in [0.3, 0.4) is 0 Å². The van der Waals surface area contributed by atoms with E-state index in [0.29, 0.717) is 5.56 Å². The van der Waals surface area contributed by atoms with Crippen molar-refractivity contribution in [2.24, 2.45) is 0 Å². The lowest BCUT2D eigenvalue weighted by Gasteiger charge is -2.10. The van der Waals surface area contributed by atoms with Crippen LogP contribution in [0.1, 0.15) is 11.1 Å². The third-order valence-electron chi connectivity index (χ3n) is 2.73. The predicted molar refractivity (Wildman–Crippen MR) is 72.2 cm³/mol. The fraction of sp³-hybridized carbons (Fsp3) is 0.133. The van der Waals surface area contributed by atoms with Gasteiger partial charge < -0.3 is 10.1 Å². The Morgan fingerprint density at radius 2 is 1.83 bits per heavy atom. The van der Waals surface area contributed by atoms with Crippen molar-refractivity contribution in [3.05, 3.63) is 53.6 Å². The number of anilines is 2. The Balaban J connectivity index is 2.20. The molecule has 0 unspecified atom stereocenters. The molecule has 0 aliphatic heterocycles. The van der Waals surface area contributed by atoms with E-state index in [9.17, 15) is 0 Å². The van der Waals surface area contributed by atoms with Gasteiger partial charge in [0.15, 0.2) is 0 Å². The summed E-state index contributed by atoms with van der Waals surface area (Å²) < 4.78 is 5.17. The highest BCUT2D eigenvalue weighted by Crippen LogP contribution is 2.24. The lowest BCUT2D eigenvalue weighted by Crippen LogP contribution is -1.94. The van der Waals surface area contributed by atoms with Crippen LogP contribution in [0, 0.1) is 18.3 Å². The van der Waals surface area contributed by atoms with E-state index in [1.807, 2.05) is 37.3 Å². The summed E-state index contributed by atoms with van der Waals surface area (Å²) >= 11 is 0. The number of aryl methyl sites for hydroxylation is 1. The number of nitrogens with zero attached hydrogens (tertiary/aromatic N) is 1. The number of ether oxygens (including phenoxy) is 1. The van der Waals surface area contributed by atoms with Crippen molar-refractivity contribution >= 4 is 11.4 Å². The summed E-state index contributed by atoms with van der Waals surface area (Å²) in [6, 6.07) is 15.3. The van der Waals surface area contributed by atoms with Crippen molar-refractivity contribution in [2.45, 2.75) is 6.92 Å². The maximum Gasteiger partial charge on any atom is 0.119 e. The Hall–Kier alpha value is -2.47. The van der Waals surface area contributed by atoms with Crippen LogP contribution in [0.5, 0.6) is 5.75 Å². The van der Waals surface area contributed by atoms with E-state index in [4.69, 9.17) is 10.00 Å². The number of benzene rings is 2. The highest BCUT2D eigenvalue weighted by molar-refractivity contribution is 5.64. The molecule has 0 fully saturated rings. The highest BCUT2D eigenvalue weighted by Gasteiger charge is 2.01. The fourth-order valence-corrected chi connectivity index (χ4v) is 1.69. The predicted octanol–water partition coefficient (Wildman–Crippen LogP) is 3.62. The van der Waals surface area contributed by atoms with Crippen LogP contribution in [0.4, 0.5) is 11.4 Å². The molecular formula is C15H14N2O. The largest absolute Gasteiger partial charge is 0.497 e. The third kappa shape index (κ3) is 2.61. The Morgan fingerprint density at radius 1 is 1.11 bits per heavy atom. The van der Waals surface area contributed by atoms with Gasteiger partial charge in [-0.05, 0) is 55.0 Å². The normalized spacial score (nSPS) is 9.61. The molecule has 3 nitrogen and oxygen atoms in total. The molecule has 18 heavy (non-hydrogen) atoms. The Labute approximate surface area is 107 Å². The van der Waals surface area contributed by atoms with E-state index in [1.165, 1.54) is 0 Å². The van der Waals surface area contributed by atoms with Crippen LogP contribution >= 0.6 is 0 Å². The Bertz CT molecular complexity index is 582. The lowest BCUT2D eigenvalue weighted by molar-refractivity contribution is 0.414. The van der Waals surface area contributed by atoms with Crippen LogP contribution in [0.15, 0.2) is 42.5 Å². The lowest BCUT2D eigenvalue weighted by atomic mass is 10.1. The fourth-order valence-electron chi connectivity index (χ4n) is 1.69. The molecule has 0 amide bonds. The molecule has 0 aliphatic carbocycles. The van der Waals surface area contributed by atoms with Gasteiger partial charge in [-0.25, -0.2) is 0 Å². The number of hydrogen-bond donors (Lipinski definition) is 1. The molecule has 2 rings (SSSR count). The van der Waals surface area contributed by atoms with Crippen molar-refractivity contribution in [1.29, 1.82) is 5.26 Å². The van der Waals surface area contributed by atoms with Gasteiger partial charge >= 0.3 is 0 Å². The molecule has 0 radical (unpaired) electrons. The first kappa shape index (κ1) is 12.0. The topological polar surface area (TPSA) is 45.0 Å². The molecule has 0 atom stereocenters. The molecule has 90 valence electrons. The molecule has 0 saturated heterocycles. The highest BCUT2D eigenvalue weighted by atomic mass is 16.5. The zero-order chi connectivity index (χ0) is 13.0. The maximum absolute atomic E-state index is 8.74. The zero-order valence-corrected chi connectivity index (χ0v) is 10.4. The van der Waals surface area contributed by atoms with E-state index in [-0.39, 0.29) is 0 Å². The van der Waals surface area contributed by atoms with Crippen LogP contribution in [0.25, 0.3) is 0 Å². The second kappa shape index (κ2) is 5.24. The average molecular weight is 238 g/mol. The standard InChI is InChI=1S/C15H14N2O/c1-11-9-14(18-2)7-8-15(11)17-13-5-3-12(10-16)4-6-13/h3-9,17H,1-2H3. The molecule has 3 heteroatoms. The molecule has 0 spiro atoms. The maximum atomic E-state index is 8.74. The van der Waals surface area contributed by atoms with E-state index in [0.717, 1.165) is 22.7 Å². The van der Waals surface area contributed by atoms with Gasteiger partial charge in [0.2, 0.25) is 0 Å². The van der Waals surface area contributed by atoms with Crippen LogP contribution in [-0.4, -0.2) is 7.11 Å². The van der Waals surface area contributed by atoms with E-state index >= 15 is 0 Å². The average Bonchev–Trinajstić information content (AvgIpc) is 2.42. The van der Waals surface area contributed by atoms with Gasteiger partial charge in [-0.2, -0.15) is 5.26 Å². The molecule has 2 aromatic carbocycles. The van der Waals surface area contributed by atoms with Crippen LogP contribution in [-0.2, 0) is 0 Å². The molecule has 0 aromatic heterocycles. The van der Waals surface area contributed by atoms with Gasteiger partial charge in [-0.15, -0.1) is 0 Å². The summed E-state index contributed by atoms with van der Waals surface area (Å²) in [5, 5.41) is 12.0. The first-order valence-electron chi connectivity index (χ1n) is 5.65. The minimum Gasteiger partial charge on any atom is -0.497 e. The number of nitrogens with one attached hydrogen (secondary N) is 1. The first-order valence-corrected chi connectivity index (χ1v) is 5.65. The number of nitriles is 1. The zero-order valence-electron chi connectivity index (χ0n) is 10.4. The molecule has 0 saturated carbocycles. The molecule has 0 aliphatic rings. The SMILES string of the molecule is COc1ccc(Nc2ccc(C#N)cc2)c(C)c1. The van der Waals surface area contributed by atoms with Crippen molar-refractivity contribution < 1.29 is 4.74 Å². The van der Waals surface area contributed by atoms with Gasteiger partial charge in [0.25, 0.3) is 0 Å². The van der Waals surface area contributed by atoms with Crippen LogP contribution < -0.4 is 10.1 Å². The van der Waals surface area contributed by atoms with Gasteiger partial charge in [-0.1, -0.05) is 0 Å². The van der Waals surface area contributed by atoms with Crippen molar-refractivity contribution in [1.82, 2.24) is 0 Å². The number of methoxy groups -OCH3 is 1. The second-order valence-electron chi connectivity index (χ2n) is 4.00. The molecule has 0 bridgehead atoms. The second-order valence-corrected chi connectivity index (χ2v) is 4.00. The smallest absolute Gasteiger partial charge is 0.119 e. The Morgan fingerprint density at radius 3 is 2.39 bits per heavy atom. The van der Waals surface area contributed by atoms with Crippen LogP contribution in [0.2, 0.25) is 0 Å². The summed E-state index contributed by atoms with van der Waals surface area (Å²) in [6.45, 7) is 2.02. The number of hydrogen-bond acceptors (Lipinski definition) is 3. The van der Waals surface area contributed by atoms with Gasteiger partial charge in [-0.3, -0.25) is 0 Å². The Kier molecular flexibility index (Phi) is 3.49. The summed E-state index contributed by atoms with van der Waals surface area (Å²) in [7, 11) is 1.66. The van der Waals surface area contributed by atoms with E-state index < -0.39 is 0 Å². The van der Waals surface area contributed by atoms with E-state index in [1.54, 1.807) is 19.2 Å². The minimum absolute atomic E-state index is 0.659. The summed E-state index contributed by atoms with van der Waals surface area (Å²) in [5.74, 6) is 0.845. The number of rotatable bonds is 3. The molecule has 2 aromatic rings. The quantitative estimate of drug-likeness (QED) is 0.888. The molecular weight excluding hydrogens is 224 g/mol. The van der Waals surface area contributed by atoms with Gasteiger partial charge in [0.1, 0.15) is 5.75 Å². The summed E-state index contributed by atoms with van der Waals surface area (Å²) in [5.41, 5.74) is 3.76.